The minimum Gasteiger partial charge on any atom is -0.495 e. The van der Waals surface area contributed by atoms with Crippen LogP contribution in [0.1, 0.15) is 17.5 Å². The van der Waals surface area contributed by atoms with Crippen LogP contribution in [0.5, 0.6) is 5.75 Å². The molecule has 132 valence electrons. The summed E-state index contributed by atoms with van der Waals surface area (Å²) in [6.07, 6.45) is -1.17. The number of nitro benzene ring substituents is 1. The maximum absolute atomic E-state index is 12.2. The molecule has 2 rings (SSSR count). The van der Waals surface area contributed by atoms with Gasteiger partial charge in [0.05, 0.1) is 17.7 Å². The molecule has 2 aromatic rings. The van der Waals surface area contributed by atoms with Crippen LogP contribution in [0.2, 0.25) is 0 Å². The number of non-ortho nitro benzene ring substituents is 1. The van der Waals surface area contributed by atoms with Gasteiger partial charge in [0.2, 0.25) is 5.76 Å². The van der Waals surface area contributed by atoms with Crippen molar-refractivity contribution in [1.82, 2.24) is 0 Å². The van der Waals surface area contributed by atoms with Crippen molar-refractivity contribution < 1.29 is 28.4 Å². The highest BCUT2D eigenvalue weighted by Gasteiger charge is 2.23. The lowest BCUT2D eigenvalue weighted by atomic mass is 10.2. The zero-order valence-corrected chi connectivity index (χ0v) is 14.7. The predicted molar refractivity (Wildman–Crippen MR) is 89.6 cm³/mol. The van der Waals surface area contributed by atoms with Gasteiger partial charge in [-0.15, -0.1) is 0 Å². The van der Waals surface area contributed by atoms with E-state index >= 15 is 0 Å². The number of nitrogens with zero attached hydrogens (tertiary/aromatic N) is 1. The highest BCUT2D eigenvalue weighted by atomic mass is 79.9. The molecule has 0 saturated heterocycles. The van der Waals surface area contributed by atoms with Crippen molar-refractivity contribution >= 4 is 39.2 Å². The van der Waals surface area contributed by atoms with Gasteiger partial charge >= 0.3 is 5.97 Å². The number of carbonyl (C=O) groups excluding carboxylic acids is 2. The van der Waals surface area contributed by atoms with E-state index < -0.39 is 22.9 Å². The molecule has 9 nitrogen and oxygen atoms in total. The van der Waals surface area contributed by atoms with E-state index in [1.807, 2.05) is 0 Å². The average molecular weight is 413 g/mol. The van der Waals surface area contributed by atoms with Crippen molar-refractivity contribution in [3.8, 4) is 5.75 Å². The molecule has 10 heteroatoms. The fourth-order valence-corrected chi connectivity index (χ4v) is 2.14. The molecular formula is C15H13BrN2O7. The lowest BCUT2D eigenvalue weighted by Gasteiger charge is -2.14. The van der Waals surface area contributed by atoms with Crippen molar-refractivity contribution in [2.24, 2.45) is 0 Å². The Hall–Kier alpha value is -2.88. The Morgan fingerprint density at radius 1 is 1.32 bits per heavy atom. The van der Waals surface area contributed by atoms with E-state index in [-0.39, 0.29) is 22.9 Å². The molecule has 0 aliphatic heterocycles. The summed E-state index contributed by atoms with van der Waals surface area (Å²) in [6.45, 7) is 1.36. The van der Waals surface area contributed by atoms with Crippen LogP contribution >= 0.6 is 15.9 Å². The maximum Gasteiger partial charge on any atom is 0.375 e. The summed E-state index contributed by atoms with van der Waals surface area (Å²) in [4.78, 5) is 34.3. The fraction of sp³-hybridized carbons (Fsp3) is 0.200. The summed E-state index contributed by atoms with van der Waals surface area (Å²) < 4.78 is 15.4. The van der Waals surface area contributed by atoms with Gasteiger partial charge in [-0.1, -0.05) is 0 Å². The van der Waals surface area contributed by atoms with Crippen LogP contribution in [0.3, 0.4) is 0 Å². The average Bonchev–Trinajstić information content (AvgIpc) is 3.01. The van der Waals surface area contributed by atoms with E-state index in [1.165, 1.54) is 38.3 Å². The smallest absolute Gasteiger partial charge is 0.375 e. The number of hydrogen-bond donors (Lipinski definition) is 1. The summed E-state index contributed by atoms with van der Waals surface area (Å²) in [5, 5.41) is 13.3. The summed E-state index contributed by atoms with van der Waals surface area (Å²) in [5.74, 6) is -1.34. The highest BCUT2D eigenvalue weighted by Crippen LogP contribution is 2.29. The fourth-order valence-electron chi connectivity index (χ4n) is 1.84. The largest absolute Gasteiger partial charge is 0.495 e. The first-order chi connectivity index (χ1) is 11.8. The van der Waals surface area contributed by atoms with E-state index in [9.17, 15) is 19.7 Å². The molecule has 25 heavy (non-hydrogen) atoms. The first-order valence-corrected chi connectivity index (χ1v) is 7.70. The summed E-state index contributed by atoms with van der Waals surface area (Å²) in [5.41, 5.74) is -0.133. The van der Waals surface area contributed by atoms with Gasteiger partial charge in [-0.2, -0.15) is 0 Å². The number of benzene rings is 1. The highest BCUT2D eigenvalue weighted by molar-refractivity contribution is 9.10. The Balaban J connectivity index is 2.09. The Labute approximate surface area is 150 Å². The van der Waals surface area contributed by atoms with Gasteiger partial charge in [0.15, 0.2) is 10.8 Å². The summed E-state index contributed by atoms with van der Waals surface area (Å²) in [7, 11) is 1.36. The van der Waals surface area contributed by atoms with Gasteiger partial charge in [0.1, 0.15) is 5.75 Å². The van der Waals surface area contributed by atoms with E-state index in [1.54, 1.807) is 0 Å². The molecule has 0 saturated carbocycles. The minimum absolute atomic E-state index is 0.0699. The molecule has 0 spiro atoms. The Morgan fingerprint density at radius 2 is 2.04 bits per heavy atom. The number of methoxy groups -OCH3 is 1. The number of halogens is 1. The molecule has 1 atom stereocenters. The van der Waals surface area contributed by atoms with Crippen LogP contribution in [0.15, 0.2) is 39.4 Å². The molecule has 0 aliphatic rings. The molecule has 0 aliphatic carbocycles. The monoisotopic (exact) mass is 412 g/mol. The van der Waals surface area contributed by atoms with Gasteiger partial charge in [-0.05, 0) is 41.1 Å². The van der Waals surface area contributed by atoms with Crippen LogP contribution in [0.25, 0.3) is 0 Å². The van der Waals surface area contributed by atoms with Gasteiger partial charge in [0, 0.05) is 12.1 Å². The molecule has 0 radical (unpaired) electrons. The van der Waals surface area contributed by atoms with Crippen LogP contribution < -0.4 is 10.1 Å². The number of ether oxygens (including phenoxy) is 2. The van der Waals surface area contributed by atoms with Crippen molar-refractivity contribution in [1.29, 1.82) is 0 Å². The van der Waals surface area contributed by atoms with Crippen molar-refractivity contribution in [3.63, 3.8) is 0 Å². The van der Waals surface area contributed by atoms with Crippen LogP contribution in [0, 0.1) is 10.1 Å². The number of nitro groups is 1. The summed E-state index contributed by atoms with van der Waals surface area (Å²) in [6, 6.07) is 6.64. The van der Waals surface area contributed by atoms with Crippen molar-refractivity contribution in [3.05, 3.63) is 50.9 Å². The topological polar surface area (TPSA) is 121 Å². The first kappa shape index (κ1) is 18.5. The second kappa shape index (κ2) is 7.79. The van der Waals surface area contributed by atoms with Crippen LogP contribution in [-0.2, 0) is 9.53 Å². The van der Waals surface area contributed by atoms with E-state index in [2.05, 4.69) is 21.2 Å². The zero-order chi connectivity index (χ0) is 18.6. The third kappa shape index (κ3) is 4.57. The van der Waals surface area contributed by atoms with Gasteiger partial charge < -0.3 is 19.2 Å². The number of nitrogens with one attached hydrogen (secondary N) is 1. The molecule has 1 aromatic heterocycles. The number of esters is 1. The number of rotatable bonds is 6. The molecule has 1 N–H and O–H groups in total. The standard InChI is InChI=1S/C15H13BrN2O7/c1-8(24-15(20)12-5-6-13(16)25-12)14(19)17-10-7-9(18(21)22)3-4-11(10)23-2/h3-8H,1-2H3,(H,17,19)/t8-/m1/s1. The maximum atomic E-state index is 12.2. The molecule has 0 fully saturated rings. The molecule has 0 bridgehead atoms. The summed E-state index contributed by atoms with van der Waals surface area (Å²) >= 11 is 3.05. The molecule has 1 amide bonds. The third-order valence-electron chi connectivity index (χ3n) is 3.08. The SMILES string of the molecule is COc1ccc([N+](=O)[O-])cc1NC(=O)[C@@H](C)OC(=O)c1ccc(Br)o1. The number of anilines is 1. The van der Waals surface area contributed by atoms with Crippen LogP contribution in [-0.4, -0.2) is 30.0 Å². The van der Waals surface area contributed by atoms with Gasteiger partial charge in [-0.3, -0.25) is 14.9 Å². The van der Waals surface area contributed by atoms with E-state index in [4.69, 9.17) is 13.9 Å². The van der Waals surface area contributed by atoms with Gasteiger partial charge in [-0.25, -0.2) is 4.79 Å². The lowest BCUT2D eigenvalue weighted by Crippen LogP contribution is -2.30. The number of hydrogen-bond acceptors (Lipinski definition) is 7. The Bertz CT molecular complexity index is 818. The minimum atomic E-state index is -1.17. The van der Waals surface area contributed by atoms with E-state index in [0.29, 0.717) is 4.67 Å². The quantitative estimate of drug-likeness (QED) is 0.439. The Morgan fingerprint density at radius 3 is 2.60 bits per heavy atom. The molecule has 0 unspecified atom stereocenters. The van der Waals surface area contributed by atoms with Crippen LogP contribution in [0.4, 0.5) is 11.4 Å². The van der Waals surface area contributed by atoms with E-state index in [0.717, 1.165) is 6.07 Å². The van der Waals surface area contributed by atoms with Crippen molar-refractivity contribution in [2.75, 3.05) is 12.4 Å². The molecule has 1 aromatic carbocycles. The van der Waals surface area contributed by atoms with Gasteiger partial charge in [0.25, 0.3) is 11.6 Å². The molecule has 1 heterocycles. The Kier molecular flexibility index (Phi) is 5.75. The third-order valence-corrected chi connectivity index (χ3v) is 3.51. The first-order valence-electron chi connectivity index (χ1n) is 6.91. The zero-order valence-electron chi connectivity index (χ0n) is 13.1. The lowest BCUT2D eigenvalue weighted by molar-refractivity contribution is -0.384. The normalized spacial score (nSPS) is 11.5. The second-order valence-electron chi connectivity index (χ2n) is 4.78. The predicted octanol–water partition coefficient (Wildman–Crippen LogP) is 3.14. The second-order valence-corrected chi connectivity index (χ2v) is 5.56. The van der Waals surface area contributed by atoms with Crippen molar-refractivity contribution in [2.45, 2.75) is 13.0 Å². The molecular weight excluding hydrogens is 400 g/mol. The number of furan rings is 1. The number of amides is 1. The number of carbonyl (C=O) groups is 2.